The number of amides is 2. The van der Waals surface area contributed by atoms with Crippen molar-refractivity contribution in [3.8, 4) is 0 Å². The zero-order valence-corrected chi connectivity index (χ0v) is 19.8. The molecule has 0 bridgehead atoms. The zero-order chi connectivity index (χ0) is 23.2. The van der Waals surface area contributed by atoms with E-state index in [2.05, 4.69) is 38.3 Å². The van der Waals surface area contributed by atoms with Crippen LogP contribution in [-0.4, -0.2) is 65.3 Å². The smallest absolute Gasteiger partial charge is 0.352 e. The van der Waals surface area contributed by atoms with Gasteiger partial charge >= 0.3 is 5.97 Å². The summed E-state index contributed by atoms with van der Waals surface area (Å²) < 4.78 is 5.07. The molecular weight excluding hydrogens is 476 g/mol. The zero-order valence-electron chi connectivity index (χ0n) is 17.3. The number of carboxylic acids is 1. The highest BCUT2D eigenvalue weighted by Gasteiger charge is 2.54. The Hall–Kier alpha value is -2.45. The minimum Gasteiger partial charge on any atom is -0.477 e. The van der Waals surface area contributed by atoms with E-state index in [1.54, 1.807) is 6.92 Å². The summed E-state index contributed by atoms with van der Waals surface area (Å²) >= 11 is 7.23. The molecular formula is C18H20N6O5S3. The summed E-state index contributed by atoms with van der Waals surface area (Å²) in [5, 5.41) is 24.5. The number of carboxylic acid groups (broad SMARTS) is 1. The van der Waals surface area contributed by atoms with Gasteiger partial charge in [-0.3, -0.25) is 14.5 Å². The van der Waals surface area contributed by atoms with Gasteiger partial charge in [0.15, 0.2) is 5.82 Å². The number of hydrogen-bond acceptors (Lipinski definition) is 11. The number of fused-ring (bicyclic) bond motifs is 1. The number of aryl methyl sites for hydroxylation is 1. The quantitative estimate of drug-likeness (QED) is 0.378. The van der Waals surface area contributed by atoms with Gasteiger partial charge in [-0.2, -0.15) is 17.6 Å². The van der Waals surface area contributed by atoms with Crippen LogP contribution in [0.2, 0.25) is 0 Å². The monoisotopic (exact) mass is 496 g/mol. The van der Waals surface area contributed by atoms with Crippen LogP contribution in [-0.2, 0) is 20.8 Å². The van der Waals surface area contributed by atoms with Gasteiger partial charge in [-0.25, -0.2) is 4.79 Å². The molecule has 0 aliphatic carbocycles. The second kappa shape index (κ2) is 8.83. The number of thioether (sulfide) groups is 1. The average Bonchev–Trinajstić information content (AvgIpc) is 3.39. The third kappa shape index (κ3) is 4.13. The fourth-order valence-electron chi connectivity index (χ4n) is 3.36. The number of aliphatic carboxylic acids is 1. The van der Waals surface area contributed by atoms with E-state index in [1.807, 2.05) is 13.8 Å². The van der Waals surface area contributed by atoms with Crippen molar-refractivity contribution in [1.82, 2.24) is 30.6 Å². The third-order valence-corrected chi connectivity index (χ3v) is 7.87. The largest absolute Gasteiger partial charge is 0.477 e. The van der Waals surface area contributed by atoms with Crippen LogP contribution in [0, 0.1) is 6.92 Å². The number of β-lactam (4-membered cyclic amide) rings is 1. The fraction of sp³-hybridized carbons (Fsp3) is 0.500. The normalized spacial score (nSPS) is 21.4. The highest BCUT2D eigenvalue weighted by molar-refractivity contribution is 8.00. The van der Waals surface area contributed by atoms with E-state index in [0.717, 1.165) is 5.01 Å². The van der Waals surface area contributed by atoms with Crippen LogP contribution >= 0.6 is 35.7 Å². The predicted molar refractivity (Wildman–Crippen MR) is 118 cm³/mol. The first-order chi connectivity index (χ1) is 15.2. The summed E-state index contributed by atoms with van der Waals surface area (Å²) in [4.78, 5) is 42.6. The first-order valence-corrected chi connectivity index (χ1v) is 12.1. The Morgan fingerprint density at radius 2 is 2.12 bits per heavy atom. The van der Waals surface area contributed by atoms with Crippen molar-refractivity contribution in [2.24, 2.45) is 0 Å². The van der Waals surface area contributed by atoms with Crippen LogP contribution in [0.3, 0.4) is 0 Å². The second-order valence-electron chi connectivity index (χ2n) is 7.57. The van der Waals surface area contributed by atoms with Gasteiger partial charge in [0, 0.05) is 11.7 Å². The minimum absolute atomic E-state index is 0.0612. The Morgan fingerprint density at radius 3 is 2.72 bits per heavy atom. The molecule has 3 unspecified atom stereocenters. The molecule has 2 aromatic heterocycles. The molecule has 170 valence electrons. The highest BCUT2D eigenvalue weighted by atomic mass is 32.2. The lowest BCUT2D eigenvalue weighted by atomic mass is 10.0. The molecule has 2 amide bonds. The minimum atomic E-state index is -1.23. The van der Waals surface area contributed by atoms with Crippen molar-refractivity contribution < 1.29 is 24.0 Å². The van der Waals surface area contributed by atoms with Crippen LogP contribution in [0.5, 0.6) is 0 Å². The molecule has 2 aliphatic heterocycles. The molecule has 4 rings (SSSR count). The number of carbonyl (C=O) groups is 3. The highest BCUT2D eigenvalue weighted by Crippen LogP contribution is 2.45. The summed E-state index contributed by atoms with van der Waals surface area (Å²) in [5.74, 6) is -1.13. The lowest BCUT2D eigenvalue weighted by Crippen LogP contribution is -2.70. The van der Waals surface area contributed by atoms with Gasteiger partial charge in [-0.1, -0.05) is 19.0 Å². The van der Waals surface area contributed by atoms with E-state index in [9.17, 15) is 19.5 Å². The lowest BCUT2D eigenvalue weighted by Gasteiger charge is -2.49. The van der Waals surface area contributed by atoms with Crippen molar-refractivity contribution >= 4 is 53.5 Å². The van der Waals surface area contributed by atoms with Crippen molar-refractivity contribution in [2.45, 2.75) is 49.8 Å². The Labute approximate surface area is 196 Å². The standard InChI is InChI=1S/C18H20N6O5S3/c1-6(2)14-20-10(29-23-14)4-9(25)19-11-16(26)24-12(18(27)28)8(5-31-17(11)24)13(30)15-22-21-7(3)32-15/h6,11,13,17,30H,4-5H2,1-3H3,(H,19,25)(H,27,28). The Bertz CT molecular complexity index is 1110. The number of nitrogens with zero attached hydrogens (tertiary/aromatic N) is 5. The molecule has 2 aromatic rings. The number of nitrogens with one attached hydrogen (secondary N) is 1. The van der Waals surface area contributed by atoms with Gasteiger partial charge in [0.2, 0.25) is 11.8 Å². The summed E-state index contributed by atoms with van der Waals surface area (Å²) in [6.07, 6.45) is -0.164. The molecule has 0 spiro atoms. The number of aromatic nitrogens is 4. The van der Waals surface area contributed by atoms with Crippen LogP contribution in [0.15, 0.2) is 15.8 Å². The van der Waals surface area contributed by atoms with E-state index in [-0.39, 0.29) is 23.9 Å². The Kier molecular flexibility index (Phi) is 6.27. The van der Waals surface area contributed by atoms with E-state index >= 15 is 0 Å². The molecule has 32 heavy (non-hydrogen) atoms. The van der Waals surface area contributed by atoms with E-state index in [4.69, 9.17) is 4.52 Å². The van der Waals surface area contributed by atoms with Crippen molar-refractivity contribution in [3.05, 3.63) is 33.0 Å². The number of thiol groups is 1. The average molecular weight is 497 g/mol. The summed E-state index contributed by atoms with van der Waals surface area (Å²) in [7, 11) is 0. The number of hydrogen-bond donors (Lipinski definition) is 3. The lowest BCUT2D eigenvalue weighted by molar-refractivity contribution is -0.150. The van der Waals surface area contributed by atoms with Gasteiger partial charge in [0.1, 0.15) is 33.5 Å². The van der Waals surface area contributed by atoms with Crippen molar-refractivity contribution in [2.75, 3.05) is 5.75 Å². The molecule has 1 saturated heterocycles. The molecule has 4 heterocycles. The number of carbonyl (C=O) groups excluding carboxylic acids is 2. The van der Waals surface area contributed by atoms with Crippen LogP contribution in [0.1, 0.15) is 46.7 Å². The Morgan fingerprint density at radius 1 is 1.38 bits per heavy atom. The molecule has 0 radical (unpaired) electrons. The van der Waals surface area contributed by atoms with Gasteiger partial charge in [-0.05, 0) is 12.5 Å². The first-order valence-electron chi connectivity index (χ1n) is 9.68. The third-order valence-electron chi connectivity index (χ3n) is 4.93. The molecule has 2 N–H and O–H groups in total. The molecule has 1 fully saturated rings. The number of rotatable bonds is 7. The van der Waals surface area contributed by atoms with Crippen molar-refractivity contribution in [3.63, 3.8) is 0 Å². The topological polar surface area (TPSA) is 151 Å². The molecule has 14 heteroatoms. The van der Waals surface area contributed by atoms with E-state index < -0.39 is 34.4 Å². The van der Waals surface area contributed by atoms with Crippen molar-refractivity contribution in [1.29, 1.82) is 0 Å². The van der Waals surface area contributed by atoms with Gasteiger partial charge < -0.3 is 14.9 Å². The van der Waals surface area contributed by atoms with Crippen LogP contribution in [0.4, 0.5) is 0 Å². The van der Waals surface area contributed by atoms with Gasteiger partial charge in [0.25, 0.3) is 5.91 Å². The summed E-state index contributed by atoms with van der Waals surface area (Å²) in [6, 6.07) is -0.835. The molecule has 11 nitrogen and oxygen atoms in total. The molecule has 3 atom stereocenters. The SMILES string of the molecule is Cc1nnc(C(S)C2=C(C(=O)O)N3C(=O)C(NC(=O)Cc4nc(C(C)C)no4)C3SC2)s1. The van der Waals surface area contributed by atoms with Gasteiger partial charge in [0.05, 0.1) is 5.25 Å². The summed E-state index contributed by atoms with van der Waals surface area (Å²) in [5.41, 5.74) is 0.360. The molecule has 0 saturated carbocycles. The van der Waals surface area contributed by atoms with Crippen LogP contribution < -0.4 is 5.32 Å². The molecule has 0 aromatic carbocycles. The van der Waals surface area contributed by atoms with Crippen LogP contribution in [0.25, 0.3) is 0 Å². The Balaban J connectivity index is 1.48. The molecule has 2 aliphatic rings. The maximum Gasteiger partial charge on any atom is 0.352 e. The van der Waals surface area contributed by atoms with E-state index in [1.165, 1.54) is 28.0 Å². The maximum absolute atomic E-state index is 12.8. The first kappa shape index (κ1) is 22.7. The maximum atomic E-state index is 12.8. The summed E-state index contributed by atoms with van der Waals surface area (Å²) in [6.45, 7) is 5.60. The van der Waals surface area contributed by atoms with E-state index in [0.29, 0.717) is 22.2 Å². The fourth-order valence-corrected chi connectivity index (χ4v) is 6.02. The van der Waals surface area contributed by atoms with Gasteiger partial charge in [-0.15, -0.1) is 33.3 Å². The second-order valence-corrected chi connectivity index (χ2v) is 10.4. The predicted octanol–water partition coefficient (Wildman–Crippen LogP) is 1.31.